The molecular formula is C15H26N2O4. The molecule has 21 heavy (non-hydrogen) atoms. The molecule has 2 atom stereocenters. The van der Waals surface area contributed by atoms with Crippen LogP contribution in [0.2, 0.25) is 0 Å². The molecule has 2 heterocycles. The Morgan fingerprint density at radius 3 is 2.62 bits per heavy atom. The number of nitrogens with one attached hydrogen (secondary N) is 1. The SMILES string of the molecule is CC1CCCNC1C(=O)N1CCC(OCCC(=O)O)CC1. The van der Waals surface area contributed by atoms with Crippen molar-refractivity contribution in [2.24, 2.45) is 5.92 Å². The lowest BCUT2D eigenvalue weighted by Gasteiger charge is -2.37. The van der Waals surface area contributed by atoms with Gasteiger partial charge in [0.05, 0.1) is 25.2 Å². The second-order valence-corrected chi connectivity index (χ2v) is 6.09. The number of likely N-dealkylation sites (tertiary alicyclic amines) is 1. The van der Waals surface area contributed by atoms with Gasteiger partial charge in [-0.05, 0) is 38.1 Å². The molecule has 2 unspecified atom stereocenters. The van der Waals surface area contributed by atoms with Crippen LogP contribution in [0.15, 0.2) is 0 Å². The lowest BCUT2D eigenvalue weighted by Crippen LogP contribution is -2.54. The minimum atomic E-state index is -0.833. The molecule has 120 valence electrons. The standard InChI is InChI=1S/C15H26N2O4/c1-11-3-2-7-16-14(11)15(20)17-8-4-12(5-9-17)21-10-6-13(18)19/h11-12,14,16H,2-10H2,1H3,(H,18,19). The first-order chi connectivity index (χ1) is 10.1. The number of nitrogens with zero attached hydrogens (tertiary/aromatic N) is 1. The highest BCUT2D eigenvalue weighted by Crippen LogP contribution is 2.20. The van der Waals surface area contributed by atoms with Crippen molar-refractivity contribution < 1.29 is 19.4 Å². The third-order valence-electron chi connectivity index (χ3n) is 4.46. The molecule has 2 aliphatic rings. The molecule has 2 aliphatic heterocycles. The summed E-state index contributed by atoms with van der Waals surface area (Å²) in [6.45, 7) is 4.74. The predicted octanol–water partition coefficient (Wildman–Crippen LogP) is 0.857. The summed E-state index contributed by atoms with van der Waals surface area (Å²) < 4.78 is 5.55. The van der Waals surface area contributed by atoms with Gasteiger partial charge in [-0.15, -0.1) is 0 Å². The molecule has 2 saturated heterocycles. The maximum Gasteiger partial charge on any atom is 0.305 e. The summed E-state index contributed by atoms with van der Waals surface area (Å²) in [6.07, 6.45) is 3.98. The number of rotatable bonds is 5. The molecule has 0 aliphatic carbocycles. The van der Waals surface area contributed by atoms with Crippen molar-refractivity contribution >= 4 is 11.9 Å². The number of carbonyl (C=O) groups is 2. The van der Waals surface area contributed by atoms with Crippen LogP contribution in [0.4, 0.5) is 0 Å². The van der Waals surface area contributed by atoms with Crippen LogP contribution < -0.4 is 5.32 Å². The van der Waals surface area contributed by atoms with Gasteiger partial charge in [-0.3, -0.25) is 9.59 Å². The van der Waals surface area contributed by atoms with Crippen LogP contribution in [0.25, 0.3) is 0 Å². The van der Waals surface area contributed by atoms with E-state index < -0.39 is 5.97 Å². The first-order valence-corrected chi connectivity index (χ1v) is 7.93. The second-order valence-electron chi connectivity index (χ2n) is 6.09. The molecule has 0 bridgehead atoms. The zero-order valence-corrected chi connectivity index (χ0v) is 12.7. The zero-order valence-electron chi connectivity index (χ0n) is 12.7. The predicted molar refractivity (Wildman–Crippen MR) is 78.0 cm³/mol. The van der Waals surface area contributed by atoms with Crippen molar-refractivity contribution in [2.75, 3.05) is 26.2 Å². The van der Waals surface area contributed by atoms with Crippen LogP contribution in [-0.4, -0.2) is 60.3 Å². The number of carbonyl (C=O) groups excluding carboxylic acids is 1. The normalized spacial score (nSPS) is 27.6. The fraction of sp³-hybridized carbons (Fsp3) is 0.867. The van der Waals surface area contributed by atoms with E-state index in [1.165, 1.54) is 0 Å². The number of hydrogen-bond acceptors (Lipinski definition) is 4. The molecule has 0 saturated carbocycles. The third-order valence-corrected chi connectivity index (χ3v) is 4.46. The molecule has 0 aromatic heterocycles. The van der Waals surface area contributed by atoms with Gasteiger partial charge in [0.15, 0.2) is 0 Å². The molecule has 0 aromatic rings. The van der Waals surface area contributed by atoms with Gasteiger partial charge in [-0.25, -0.2) is 0 Å². The molecule has 1 amide bonds. The third kappa shape index (κ3) is 4.68. The average Bonchev–Trinajstić information content (AvgIpc) is 2.47. The number of aliphatic carboxylic acids is 1. The summed E-state index contributed by atoms with van der Waals surface area (Å²) in [5.74, 6) is -0.220. The van der Waals surface area contributed by atoms with Crippen molar-refractivity contribution in [2.45, 2.75) is 51.2 Å². The van der Waals surface area contributed by atoms with Gasteiger partial charge in [0.25, 0.3) is 0 Å². The smallest absolute Gasteiger partial charge is 0.305 e. The van der Waals surface area contributed by atoms with Crippen LogP contribution in [0.3, 0.4) is 0 Å². The van der Waals surface area contributed by atoms with Crippen molar-refractivity contribution in [3.8, 4) is 0 Å². The van der Waals surface area contributed by atoms with Gasteiger partial charge in [0.2, 0.25) is 5.91 Å². The number of hydrogen-bond donors (Lipinski definition) is 2. The summed E-state index contributed by atoms with van der Waals surface area (Å²) in [5.41, 5.74) is 0. The van der Waals surface area contributed by atoms with E-state index in [2.05, 4.69) is 12.2 Å². The Balaban J connectivity index is 1.72. The molecule has 2 N–H and O–H groups in total. The van der Waals surface area contributed by atoms with E-state index in [-0.39, 0.29) is 31.1 Å². The average molecular weight is 298 g/mol. The van der Waals surface area contributed by atoms with Crippen LogP contribution in [0.5, 0.6) is 0 Å². The van der Waals surface area contributed by atoms with Crippen molar-refractivity contribution in [3.63, 3.8) is 0 Å². The number of carboxylic acid groups (broad SMARTS) is 1. The van der Waals surface area contributed by atoms with Crippen LogP contribution in [-0.2, 0) is 14.3 Å². The van der Waals surface area contributed by atoms with E-state index in [1.54, 1.807) is 0 Å². The zero-order chi connectivity index (χ0) is 15.2. The lowest BCUT2D eigenvalue weighted by molar-refractivity contribution is -0.139. The maximum atomic E-state index is 12.5. The molecule has 6 heteroatoms. The summed E-state index contributed by atoms with van der Waals surface area (Å²) in [4.78, 5) is 24.9. The molecule has 2 rings (SSSR count). The number of ether oxygens (including phenoxy) is 1. The van der Waals surface area contributed by atoms with Crippen molar-refractivity contribution in [1.29, 1.82) is 0 Å². The highest BCUT2D eigenvalue weighted by Gasteiger charge is 2.32. The van der Waals surface area contributed by atoms with Crippen LogP contribution in [0.1, 0.15) is 39.0 Å². The van der Waals surface area contributed by atoms with Gasteiger partial charge < -0.3 is 20.1 Å². The Labute approximate surface area is 125 Å². The number of piperidine rings is 2. The van der Waals surface area contributed by atoms with E-state index in [9.17, 15) is 9.59 Å². The quantitative estimate of drug-likeness (QED) is 0.787. The van der Waals surface area contributed by atoms with Gasteiger partial charge in [-0.2, -0.15) is 0 Å². The fourth-order valence-corrected chi connectivity index (χ4v) is 3.13. The van der Waals surface area contributed by atoms with Gasteiger partial charge in [0, 0.05) is 13.1 Å². The summed E-state index contributed by atoms with van der Waals surface area (Å²) in [5, 5.41) is 11.9. The van der Waals surface area contributed by atoms with Crippen molar-refractivity contribution in [1.82, 2.24) is 10.2 Å². The van der Waals surface area contributed by atoms with Crippen molar-refractivity contribution in [3.05, 3.63) is 0 Å². The molecule has 0 aromatic carbocycles. The minimum Gasteiger partial charge on any atom is -0.481 e. The van der Waals surface area contributed by atoms with E-state index in [1.807, 2.05) is 4.90 Å². The molecule has 0 spiro atoms. The highest BCUT2D eigenvalue weighted by atomic mass is 16.5. The lowest BCUT2D eigenvalue weighted by atomic mass is 9.91. The van der Waals surface area contributed by atoms with Crippen LogP contribution >= 0.6 is 0 Å². The van der Waals surface area contributed by atoms with Gasteiger partial charge in [0.1, 0.15) is 0 Å². The number of carboxylic acids is 1. The fourth-order valence-electron chi connectivity index (χ4n) is 3.13. The number of amides is 1. The van der Waals surface area contributed by atoms with Gasteiger partial charge >= 0.3 is 5.97 Å². The van der Waals surface area contributed by atoms with E-state index in [0.717, 1.165) is 32.2 Å². The van der Waals surface area contributed by atoms with E-state index in [0.29, 0.717) is 19.0 Å². The first kappa shape index (κ1) is 16.2. The first-order valence-electron chi connectivity index (χ1n) is 7.93. The monoisotopic (exact) mass is 298 g/mol. The second kappa shape index (κ2) is 7.75. The topological polar surface area (TPSA) is 78.9 Å². The molecule has 0 radical (unpaired) electrons. The molecule has 6 nitrogen and oxygen atoms in total. The van der Waals surface area contributed by atoms with Gasteiger partial charge in [-0.1, -0.05) is 6.92 Å². The van der Waals surface area contributed by atoms with E-state index >= 15 is 0 Å². The Kier molecular flexibility index (Phi) is 5.99. The molecular weight excluding hydrogens is 272 g/mol. The van der Waals surface area contributed by atoms with Crippen LogP contribution in [0, 0.1) is 5.92 Å². The molecule has 2 fully saturated rings. The minimum absolute atomic E-state index is 0.0387. The highest BCUT2D eigenvalue weighted by molar-refractivity contribution is 5.82. The Bertz CT molecular complexity index is 367. The Morgan fingerprint density at radius 1 is 1.29 bits per heavy atom. The largest absolute Gasteiger partial charge is 0.481 e. The summed E-state index contributed by atoms with van der Waals surface area (Å²) in [7, 11) is 0. The Morgan fingerprint density at radius 2 is 2.00 bits per heavy atom. The maximum absolute atomic E-state index is 12.5. The summed E-state index contributed by atoms with van der Waals surface area (Å²) in [6, 6.07) is -0.0387. The summed E-state index contributed by atoms with van der Waals surface area (Å²) >= 11 is 0. The van der Waals surface area contributed by atoms with E-state index in [4.69, 9.17) is 9.84 Å². The Hall–Kier alpha value is -1.14.